The second kappa shape index (κ2) is 8.39. The SMILES string of the molecule is CC(C)c1nn(-c2ccc(F)cc2)c2nc(C(=O)O)cc(N3CC(C4CN(C)CCO4)C3)c12. The number of ether oxygens (including phenoxy) is 1. The van der Waals surface area contributed by atoms with Gasteiger partial charge in [-0.2, -0.15) is 5.10 Å². The maximum Gasteiger partial charge on any atom is 0.354 e. The molecule has 0 aliphatic carbocycles. The lowest BCUT2D eigenvalue weighted by atomic mass is 9.91. The number of nitrogens with zero attached hydrogens (tertiary/aromatic N) is 5. The number of carboxylic acids is 1. The molecule has 1 atom stereocenters. The summed E-state index contributed by atoms with van der Waals surface area (Å²) in [6.45, 7) is 8.27. The van der Waals surface area contributed by atoms with Gasteiger partial charge in [-0.25, -0.2) is 18.9 Å². The van der Waals surface area contributed by atoms with Crippen LogP contribution in [0.5, 0.6) is 0 Å². The molecule has 3 aromatic rings. The highest BCUT2D eigenvalue weighted by atomic mass is 19.1. The molecule has 1 aromatic carbocycles. The van der Waals surface area contributed by atoms with E-state index in [1.807, 2.05) is 0 Å². The molecule has 9 heteroatoms. The Morgan fingerprint density at radius 2 is 1.94 bits per heavy atom. The molecular weight excluding hydrogens is 425 g/mol. The summed E-state index contributed by atoms with van der Waals surface area (Å²) in [5.74, 6) is -0.955. The van der Waals surface area contributed by atoms with E-state index < -0.39 is 5.97 Å². The molecule has 33 heavy (non-hydrogen) atoms. The Bertz CT molecular complexity index is 1190. The van der Waals surface area contributed by atoms with Gasteiger partial charge in [-0.15, -0.1) is 0 Å². The number of halogens is 1. The number of anilines is 1. The highest BCUT2D eigenvalue weighted by Gasteiger charge is 2.38. The maximum atomic E-state index is 13.5. The molecule has 2 aliphatic heterocycles. The predicted octanol–water partition coefficient (Wildman–Crippen LogP) is 3.15. The topological polar surface area (TPSA) is 83.7 Å². The minimum Gasteiger partial charge on any atom is -0.477 e. The number of carbonyl (C=O) groups is 1. The molecule has 0 spiro atoms. The Balaban J connectivity index is 1.58. The molecule has 1 unspecified atom stereocenters. The van der Waals surface area contributed by atoms with E-state index >= 15 is 0 Å². The first-order valence-corrected chi connectivity index (χ1v) is 11.3. The zero-order valence-corrected chi connectivity index (χ0v) is 19.0. The minimum absolute atomic E-state index is 0.0341. The van der Waals surface area contributed by atoms with Crippen molar-refractivity contribution >= 4 is 22.7 Å². The molecule has 8 nitrogen and oxygen atoms in total. The fraction of sp³-hybridized carbons (Fsp3) is 0.458. The molecule has 0 amide bonds. The van der Waals surface area contributed by atoms with Crippen LogP contribution in [-0.4, -0.2) is 76.7 Å². The van der Waals surface area contributed by atoms with Gasteiger partial charge in [0.05, 0.1) is 35.2 Å². The zero-order valence-electron chi connectivity index (χ0n) is 19.0. The van der Waals surface area contributed by atoms with E-state index in [4.69, 9.17) is 9.84 Å². The van der Waals surface area contributed by atoms with Crippen molar-refractivity contribution < 1.29 is 19.0 Å². The lowest BCUT2D eigenvalue weighted by molar-refractivity contribution is -0.0559. The van der Waals surface area contributed by atoms with Gasteiger partial charge in [0.2, 0.25) is 0 Å². The van der Waals surface area contributed by atoms with E-state index in [0.29, 0.717) is 17.3 Å². The van der Waals surface area contributed by atoms with Crippen molar-refractivity contribution in [2.24, 2.45) is 5.92 Å². The Morgan fingerprint density at radius 1 is 1.21 bits per heavy atom. The molecule has 0 saturated carbocycles. The molecule has 0 bridgehead atoms. The summed E-state index contributed by atoms with van der Waals surface area (Å²) < 4.78 is 21.1. The molecule has 1 N–H and O–H groups in total. The van der Waals surface area contributed by atoms with Crippen LogP contribution in [0.15, 0.2) is 30.3 Å². The number of morpholine rings is 1. The van der Waals surface area contributed by atoms with E-state index in [2.05, 4.69) is 35.7 Å². The summed E-state index contributed by atoms with van der Waals surface area (Å²) in [4.78, 5) is 20.8. The van der Waals surface area contributed by atoms with Gasteiger partial charge in [-0.1, -0.05) is 13.8 Å². The van der Waals surface area contributed by atoms with Crippen LogP contribution in [0.25, 0.3) is 16.7 Å². The Morgan fingerprint density at radius 3 is 2.58 bits per heavy atom. The molecule has 2 fully saturated rings. The third-order valence-electron chi connectivity index (χ3n) is 6.55. The van der Waals surface area contributed by atoms with E-state index in [1.54, 1.807) is 22.9 Å². The van der Waals surface area contributed by atoms with Gasteiger partial charge >= 0.3 is 5.97 Å². The summed E-state index contributed by atoms with van der Waals surface area (Å²) in [5, 5.41) is 15.4. The summed E-state index contributed by atoms with van der Waals surface area (Å²) in [6, 6.07) is 7.62. The van der Waals surface area contributed by atoms with Crippen molar-refractivity contribution in [3.63, 3.8) is 0 Å². The first-order chi connectivity index (χ1) is 15.8. The fourth-order valence-electron chi connectivity index (χ4n) is 4.69. The maximum absolute atomic E-state index is 13.5. The molecule has 2 saturated heterocycles. The van der Waals surface area contributed by atoms with Crippen LogP contribution in [0.4, 0.5) is 10.1 Å². The number of hydrogen-bond donors (Lipinski definition) is 1. The van der Waals surface area contributed by atoms with Crippen LogP contribution < -0.4 is 4.90 Å². The number of benzene rings is 1. The molecule has 174 valence electrons. The second-order valence-corrected chi connectivity index (χ2v) is 9.30. The van der Waals surface area contributed by atoms with E-state index in [9.17, 15) is 14.3 Å². The number of rotatable bonds is 5. The number of carboxylic acid groups (broad SMARTS) is 1. The van der Waals surface area contributed by atoms with Gasteiger partial charge in [0.15, 0.2) is 11.3 Å². The molecule has 2 aliphatic rings. The average Bonchev–Trinajstić information content (AvgIpc) is 3.13. The average molecular weight is 454 g/mol. The summed E-state index contributed by atoms with van der Waals surface area (Å²) >= 11 is 0. The van der Waals surface area contributed by atoms with Crippen LogP contribution in [0.3, 0.4) is 0 Å². The third kappa shape index (κ3) is 3.95. The molecular formula is C24H28FN5O3. The molecule has 2 aromatic heterocycles. The van der Waals surface area contributed by atoms with E-state index in [0.717, 1.165) is 49.6 Å². The fourth-order valence-corrected chi connectivity index (χ4v) is 4.69. The largest absolute Gasteiger partial charge is 0.477 e. The van der Waals surface area contributed by atoms with Gasteiger partial charge in [-0.3, -0.25) is 0 Å². The molecule has 4 heterocycles. The first kappa shape index (κ1) is 21.8. The smallest absolute Gasteiger partial charge is 0.354 e. The van der Waals surface area contributed by atoms with Gasteiger partial charge in [0, 0.05) is 32.1 Å². The van der Waals surface area contributed by atoms with Crippen LogP contribution in [0.2, 0.25) is 0 Å². The Labute approximate surface area is 191 Å². The van der Waals surface area contributed by atoms with Crippen LogP contribution in [0.1, 0.15) is 35.9 Å². The van der Waals surface area contributed by atoms with Crippen molar-refractivity contribution in [3.05, 3.63) is 47.5 Å². The van der Waals surface area contributed by atoms with Gasteiger partial charge in [0.1, 0.15) is 5.82 Å². The number of fused-ring (bicyclic) bond motifs is 1. The van der Waals surface area contributed by atoms with Crippen LogP contribution in [-0.2, 0) is 4.74 Å². The number of aromatic nitrogens is 3. The summed E-state index contributed by atoms with van der Waals surface area (Å²) in [5.41, 5.74) is 2.74. The van der Waals surface area contributed by atoms with Crippen molar-refractivity contribution in [2.45, 2.75) is 25.9 Å². The standard InChI is InChI=1S/C24H28FN5O3/c1-14(2)22-21-19(29-11-15(12-29)20-13-28(3)8-9-33-20)10-18(24(31)32)26-23(21)30(27-22)17-6-4-16(25)5-7-17/h4-7,10,14-15,20H,8-9,11-13H2,1-3H3,(H,31,32). The quantitative estimate of drug-likeness (QED) is 0.635. The van der Waals surface area contributed by atoms with E-state index in [-0.39, 0.29) is 23.5 Å². The number of hydrogen-bond acceptors (Lipinski definition) is 6. The second-order valence-electron chi connectivity index (χ2n) is 9.30. The Hall–Kier alpha value is -3.04. The van der Waals surface area contributed by atoms with Crippen molar-refractivity contribution in [1.82, 2.24) is 19.7 Å². The third-order valence-corrected chi connectivity index (χ3v) is 6.55. The normalized spacial score (nSPS) is 19.9. The van der Waals surface area contributed by atoms with Gasteiger partial charge in [0.25, 0.3) is 0 Å². The highest BCUT2D eigenvalue weighted by Crippen LogP contribution is 2.38. The number of aromatic carboxylic acids is 1. The lowest BCUT2D eigenvalue weighted by Gasteiger charge is -2.47. The van der Waals surface area contributed by atoms with Crippen LogP contribution in [0, 0.1) is 11.7 Å². The summed E-state index contributed by atoms with van der Waals surface area (Å²) in [6.07, 6.45) is 0.183. The van der Waals surface area contributed by atoms with Crippen LogP contribution >= 0.6 is 0 Å². The summed E-state index contributed by atoms with van der Waals surface area (Å²) in [7, 11) is 2.11. The Kier molecular flexibility index (Phi) is 5.54. The molecule has 5 rings (SSSR count). The highest BCUT2D eigenvalue weighted by molar-refractivity contribution is 5.98. The van der Waals surface area contributed by atoms with Crippen molar-refractivity contribution in [1.29, 1.82) is 0 Å². The van der Waals surface area contributed by atoms with Crippen molar-refractivity contribution in [3.8, 4) is 5.69 Å². The van der Waals surface area contributed by atoms with Gasteiger partial charge in [-0.05, 0) is 43.3 Å². The van der Waals surface area contributed by atoms with Gasteiger partial charge < -0.3 is 19.6 Å². The van der Waals surface area contributed by atoms with Crippen molar-refractivity contribution in [2.75, 3.05) is 44.7 Å². The first-order valence-electron chi connectivity index (χ1n) is 11.3. The lowest BCUT2D eigenvalue weighted by Crippen LogP contribution is -2.57. The van der Waals surface area contributed by atoms with E-state index in [1.165, 1.54) is 12.1 Å². The zero-order chi connectivity index (χ0) is 23.3. The molecule has 0 radical (unpaired) electrons. The number of pyridine rings is 1. The monoisotopic (exact) mass is 453 g/mol. The minimum atomic E-state index is -1.09. The predicted molar refractivity (Wildman–Crippen MR) is 123 cm³/mol. The number of likely N-dealkylation sites (N-methyl/N-ethyl adjacent to an activating group) is 1.